The number of carbonyl (C=O) groups excluding carboxylic acids is 1. The number of carbonyl (C=O) groups is 1. The number of hydrogen-bond acceptors (Lipinski definition) is 4. The van der Waals surface area contributed by atoms with Gasteiger partial charge in [0.1, 0.15) is 18.1 Å². The van der Waals surface area contributed by atoms with Gasteiger partial charge in [-0.25, -0.2) is 0 Å². The van der Waals surface area contributed by atoms with Crippen LogP contribution in [-0.4, -0.2) is 11.1 Å². The first-order valence-corrected chi connectivity index (χ1v) is 9.02. The molecule has 3 aromatic rings. The maximum atomic E-state index is 12.7. The fourth-order valence-electron chi connectivity index (χ4n) is 2.95. The number of aryl methyl sites for hydroxylation is 4. The smallest absolute Gasteiger partial charge is 0.278 e. The summed E-state index contributed by atoms with van der Waals surface area (Å²) in [5.74, 6) is 1.01. The zero-order chi connectivity index (χ0) is 19.4. The summed E-state index contributed by atoms with van der Waals surface area (Å²) >= 11 is 0. The summed E-state index contributed by atoms with van der Waals surface area (Å²) in [5, 5.41) is 6.82. The minimum atomic E-state index is -0.309. The average molecular weight is 364 g/mol. The Balaban J connectivity index is 1.73. The van der Waals surface area contributed by atoms with E-state index in [1.54, 1.807) is 6.92 Å². The summed E-state index contributed by atoms with van der Waals surface area (Å²) in [4.78, 5) is 12.7. The molecule has 5 nitrogen and oxygen atoms in total. The zero-order valence-electron chi connectivity index (χ0n) is 16.1. The Bertz CT molecular complexity index is 922. The molecule has 1 N–H and O–H groups in total. The molecule has 0 saturated heterocycles. The van der Waals surface area contributed by atoms with Crippen LogP contribution in [0.2, 0.25) is 0 Å². The van der Waals surface area contributed by atoms with Gasteiger partial charge in [0.05, 0.1) is 5.56 Å². The van der Waals surface area contributed by atoms with E-state index in [0.717, 1.165) is 29.0 Å². The summed E-state index contributed by atoms with van der Waals surface area (Å²) in [6.45, 7) is 8.09. The molecule has 0 aliphatic rings. The average Bonchev–Trinajstić information content (AvgIpc) is 3.00. The first-order chi connectivity index (χ1) is 13.0. The highest BCUT2D eigenvalue weighted by molar-refractivity contribution is 6.04. The van der Waals surface area contributed by atoms with Crippen LogP contribution in [0.15, 0.2) is 47.0 Å². The maximum Gasteiger partial charge on any atom is 0.278 e. The van der Waals surface area contributed by atoms with Crippen LogP contribution < -0.4 is 10.1 Å². The first kappa shape index (κ1) is 18.7. The van der Waals surface area contributed by atoms with Crippen molar-refractivity contribution in [1.82, 2.24) is 5.16 Å². The van der Waals surface area contributed by atoms with E-state index in [-0.39, 0.29) is 18.2 Å². The zero-order valence-corrected chi connectivity index (χ0v) is 16.1. The number of aromatic nitrogens is 1. The number of anilines is 1. The van der Waals surface area contributed by atoms with Crippen molar-refractivity contribution in [2.24, 2.45) is 0 Å². The molecular weight excluding hydrogens is 340 g/mol. The third kappa shape index (κ3) is 4.56. The van der Waals surface area contributed by atoms with Gasteiger partial charge in [0.15, 0.2) is 5.69 Å². The van der Waals surface area contributed by atoms with Crippen molar-refractivity contribution in [3.8, 4) is 5.75 Å². The third-order valence-electron chi connectivity index (χ3n) is 4.39. The summed E-state index contributed by atoms with van der Waals surface area (Å²) in [7, 11) is 0. The normalized spacial score (nSPS) is 10.7. The molecule has 2 aromatic carbocycles. The van der Waals surface area contributed by atoms with Gasteiger partial charge >= 0.3 is 0 Å². The van der Waals surface area contributed by atoms with Gasteiger partial charge in [-0.3, -0.25) is 4.79 Å². The molecule has 27 heavy (non-hydrogen) atoms. The Morgan fingerprint density at radius 3 is 2.37 bits per heavy atom. The van der Waals surface area contributed by atoms with Crippen LogP contribution in [0.1, 0.15) is 45.4 Å². The Morgan fingerprint density at radius 2 is 1.74 bits per heavy atom. The molecule has 3 rings (SSSR count). The molecule has 1 amide bonds. The molecule has 5 heteroatoms. The van der Waals surface area contributed by atoms with Gasteiger partial charge in [0.2, 0.25) is 0 Å². The van der Waals surface area contributed by atoms with E-state index in [1.165, 1.54) is 5.56 Å². The monoisotopic (exact) mass is 364 g/mol. The van der Waals surface area contributed by atoms with Crippen molar-refractivity contribution >= 4 is 11.6 Å². The van der Waals surface area contributed by atoms with Crippen LogP contribution in [0.25, 0.3) is 0 Å². The van der Waals surface area contributed by atoms with Crippen molar-refractivity contribution in [3.05, 3.63) is 76.2 Å². The van der Waals surface area contributed by atoms with Gasteiger partial charge in [-0.05, 0) is 68.1 Å². The Morgan fingerprint density at radius 1 is 1.07 bits per heavy atom. The van der Waals surface area contributed by atoms with Crippen LogP contribution in [0.5, 0.6) is 5.75 Å². The minimum Gasteiger partial charge on any atom is -0.489 e. The second-order valence-corrected chi connectivity index (χ2v) is 6.68. The quantitative estimate of drug-likeness (QED) is 0.669. The molecule has 0 unspecified atom stereocenters. The molecule has 140 valence electrons. The van der Waals surface area contributed by atoms with Gasteiger partial charge in [-0.2, -0.15) is 0 Å². The molecule has 1 heterocycles. The summed E-state index contributed by atoms with van der Waals surface area (Å²) in [6.07, 6.45) is 0.980. The number of ether oxygens (including phenoxy) is 1. The van der Waals surface area contributed by atoms with E-state index in [4.69, 9.17) is 9.26 Å². The molecular formula is C22H24N2O3. The van der Waals surface area contributed by atoms with Crippen molar-refractivity contribution < 1.29 is 14.1 Å². The van der Waals surface area contributed by atoms with Gasteiger partial charge in [-0.1, -0.05) is 30.3 Å². The van der Waals surface area contributed by atoms with E-state index in [1.807, 2.05) is 50.2 Å². The van der Waals surface area contributed by atoms with E-state index < -0.39 is 0 Å². The van der Waals surface area contributed by atoms with Gasteiger partial charge < -0.3 is 14.6 Å². The summed E-state index contributed by atoms with van der Waals surface area (Å²) < 4.78 is 11.1. The largest absolute Gasteiger partial charge is 0.489 e. The summed E-state index contributed by atoms with van der Waals surface area (Å²) in [6, 6.07) is 13.8. The number of amides is 1. The minimum absolute atomic E-state index is 0.219. The lowest BCUT2D eigenvalue weighted by Crippen LogP contribution is -2.15. The number of hydrogen-bond donors (Lipinski definition) is 1. The first-order valence-electron chi connectivity index (χ1n) is 9.02. The molecule has 0 atom stereocenters. The van der Waals surface area contributed by atoms with Crippen LogP contribution in [0, 0.1) is 20.8 Å². The van der Waals surface area contributed by atoms with E-state index in [0.29, 0.717) is 11.3 Å². The number of nitrogens with one attached hydrogen (secondary N) is 1. The number of nitrogens with zero attached hydrogens (tertiary/aromatic N) is 1. The van der Waals surface area contributed by atoms with Gasteiger partial charge in [0.25, 0.3) is 5.91 Å². The van der Waals surface area contributed by atoms with Crippen LogP contribution >= 0.6 is 0 Å². The SMILES string of the molecule is CCc1ccc(OCc2c(C(=O)Nc3cc(C)cc(C)c3)noc2C)cc1. The van der Waals surface area contributed by atoms with Crippen molar-refractivity contribution in [3.63, 3.8) is 0 Å². The molecule has 0 bridgehead atoms. The van der Waals surface area contributed by atoms with Crippen molar-refractivity contribution in [2.75, 3.05) is 5.32 Å². The van der Waals surface area contributed by atoms with Gasteiger partial charge in [-0.15, -0.1) is 0 Å². The fourth-order valence-corrected chi connectivity index (χ4v) is 2.95. The molecule has 0 radical (unpaired) electrons. The lowest BCUT2D eigenvalue weighted by Gasteiger charge is -2.09. The molecule has 0 spiro atoms. The summed E-state index contributed by atoms with van der Waals surface area (Å²) in [5.41, 5.74) is 5.05. The van der Waals surface area contributed by atoms with Crippen LogP contribution in [0.4, 0.5) is 5.69 Å². The Hall–Kier alpha value is -3.08. The predicted molar refractivity (Wildman–Crippen MR) is 105 cm³/mol. The molecule has 0 fully saturated rings. The predicted octanol–water partition coefficient (Wildman–Crippen LogP) is 4.99. The lowest BCUT2D eigenvalue weighted by atomic mass is 10.1. The second kappa shape index (κ2) is 8.08. The fraction of sp³-hybridized carbons (Fsp3) is 0.273. The third-order valence-corrected chi connectivity index (χ3v) is 4.39. The number of benzene rings is 2. The highest BCUT2D eigenvalue weighted by Gasteiger charge is 2.20. The molecule has 0 saturated carbocycles. The van der Waals surface area contributed by atoms with Gasteiger partial charge in [0, 0.05) is 5.69 Å². The number of rotatable bonds is 6. The van der Waals surface area contributed by atoms with Crippen molar-refractivity contribution in [2.45, 2.75) is 40.7 Å². The molecule has 0 aliphatic carbocycles. The lowest BCUT2D eigenvalue weighted by molar-refractivity contribution is 0.101. The maximum absolute atomic E-state index is 12.7. The second-order valence-electron chi connectivity index (χ2n) is 6.68. The molecule has 0 aliphatic heterocycles. The van der Waals surface area contributed by atoms with E-state index >= 15 is 0 Å². The van der Waals surface area contributed by atoms with E-state index in [2.05, 4.69) is 23.5 Å². The molecule has 1 aromatic heterocycles. The standard InChI is InChI=1S/C22H24N2O3/c1-5-17-6-8-19(9-7-17)26-13-20-16(4)27-24-21(20)22(25)23-18-11-14(2)10-15(3)12-18/h6-12H,5,13H2,1-4H3,(H,23,25). The Labute approximate surface area is 159 Å². The Kier molecular flexibility index (Phi) is 5.60. The van der Waals surface area contributed by atoms with E-state index in [9.17, 15) is 4.79 Å². The highest BCUT2D eigenvalue weighted by Crippen LogP contribution is 2.20. The van der Waals surface area contributed by atoms with Crippen LogP contribution in [0.3, 0.4) is 0 Å². The van der Waals surface area contributed by atoms with Crippen LogP contribution in [-0.2, 0) is 13.0 Å². The van der Waals surface area contributed by atoms with Crippen molar-refractivity contribution in [1.29, 1.82) is 0 Å². The topological polar surface area (TPSA) is 64.4 Å². The highest BCUT2D eigenvalue weighted by atomic mass is 16.5.